The highest BCUT2D eigenvalue weighted by atomic mass is 35.5. The van der Waals surface area contributed by atoms with E-state index in [9.17, 15) is 27.6 Å². The van der Waals surface area contributed by atoms with Gasteiger partial charge in [-0.05, 0) is 61.9 Å². The van der Waals surface area contributed by atoms with Crippen LogP contribution in [0.5, 0.6) is 0 Å². The van der Waals surface area contributed by atoms with Crippen molar-refractivity contribution in [3.8, 4) is 0 Å². The molecule has 210 valence electrons. The van der Waals surface area contributed by atoms with Crippen molar-refractivity contribution in [2.24, 2.45) is 5.92 Å². The van der Waals surface area contributed by atoms with Gasteiger partial charge < -0.3 is 20.3 Å². The molecule has 2 saturated carbocycles. The highest BCUT2D eigenvalue weighted by Crippen LogP contribution is 2.39. The molecule has 1 aromatic carbocycles. The summed E-state index contributed by atoms with van der Waals surface area (Å²) >= 11 is 7.04. The number of rotatable bonds is 10. The number of thiophene rings is 1. The Balaban J connectivity index is 1.38. The van der Waals surface area contributed by atoms with E-state index in [1.807, 2.05) is 4.90 Å². The molecule has 0 radical (unpaired) electrons. The first-order valence-electron chi connectivity index (χ1n) is 12.8. The summed E-state index contributed by atoms with van der Waals surface area (Å²) in [6, 6.07) is 5.89. The van der Waals surface area contributed by atoms with Crippen molar-refractivity contribution in [3.05, 3.63) is 45.1 Å². The minimum absolute atomic E-state index is 0.0644. The van der Waals surface area contributed by atoms with E-state index in [0.717, 1.165) is 43.1 Å². The third-order valence-electron chi connectivity index (χ3n) is 7.00. The van der Waals surface area contributed by atoms with E-state index < -0.39 is 41.2 Å². The van der Waals surface area contributed by atoms with Gasteiger partial charge in [0.15, 0.2) is 0 Å². The van der Waals surface area contributed by atoms with Crippen LogP contribution in [0.2, 0.25) is 4.34 Å². The quantitative estimate of drug-likeness (QED) is 0.432. The zero-order chi connectivity index (χ0) is 27.7. The van der Waals surface area contributed by atoms with Crippen molar-refractivity contribution in [1.82, 2.24) is 10.2 Å². The van der Waals surface area contributed by atoms with Crippen molar-refractivity contribution in [2.75, 3.05) is 43.1 Å². The fraction of sp³-hybridized carbons (Fsp3) is 0.500. The Bertz CT molecular complexity index is 1250. The van der Waals surface area contributed by atoms with Crippen LogP contribution < -0.4 is 15.5 Å². The summed E-state index contributed by atoms with van der Waals surface area (Å²) in [7, 11) is 0. The minimum Gasteiger partial charge on any atom is -0.370 e. The van der Waals surface area contributed by atoms with E-state index in [4.69, 9.17) is 16.3 Å². The number of amides is 3. The monoisotopic (exact) mass is 584 g/mol. The molecule has 0 spiro atoms. The molecule has 2 heterocycles. The second-order valence-electron chi connectivity index (χ2n) is 10.0. The molecule has 3 fully saturated rings. The van der Waals surface area contributed by atoms with Crippen LogP contribution in [-0.4, -0.2) is 67.6 Å². The van der Waals surface area contributed by atoms with Gasteiger partial charge in [0.1, 0.15) is 12.6 Å². The van der Waals surface area contributed by atoms with Gasteiger partial charge in [-0.3, -0.25) is 19.3 Å². The van der Waals surface area contributed by atoms with Crippen LogP contribution in [0, 0.1) is 5.92 Å². The van der Waals surface area contributed by atoms with Crippen molar-refractivity contribution >= 4 is 52.0 Å². The summed E-state index contributed by atoms with van der Waals surface area (Å²) < 4.78 is 47.8. The van der Waals surface area contributed by atoms with Crippen LogP contribution in [-0.2, 0) is 20.5 Å². The molecule has 3 aliphatic rings. The Labute approximate surface area is 232 Å². The summed E-state index contributed by atoms with van der Waals surface area (Å²) in [4.78, 5) is 42.1. The van der Waals surface area contributed by atoms with Gasteiger partial charge in [0.05, 0.1) is 27.1 Å². The molecule has 0 unspecified atom stereocenters. The van der Waals surface area contributed by atoms with Gasteiger partial charge >= 0.3 is 6.18 Å². The normalized spacial score (nSPS) is 18.8. The fourth-order valence-electron chi connectivity index (χ4n) is 4.66. The lowest BCUT2D eigenvalue weighted by molar-refractivity contribution is -0.137. The summed E-state index contributed by atoms with van der Waals surface area (Å²) in [5.74, 6) is -1.03. The third kappa shape index (κ3) is 6.92. The van der Waals surface area contributed by atoms with E-state index in [1.54, 1.807) is 12.1 Å². The number of benzene rings is 1. The summed E-state index contributed by atoms with van der Waals surface area (Å²) in [6.07, 6.45) is -0.919. The van der Waals surface area contributed by atoms with Crippen LogP contribution in [0.4, 0.5) is 24.5 Å². The first-order valence-corrected chi connectivity index (χ1v) is 14.0. The number of carbonyl (C=O) groups is 3. The van der Waals surface area contributed by atoms with Gasteiger partial charge in [0, 0.05) is 31.4 Å². The molecule has 1 aromatic heterocycles. The van der Waals surface area contributed by atoms with Gasteiger partial charge in [-0.1, -0.05) is 11.6 Å². The Morgan fingerprint density at radius 2 is 1.95 bits per heavy atom. The number of carbonyl (C=O) groups excluding carboxylic acids is 3. The van der Waals surface area contributed by atoms with Gasteiger partial charge in [-0.15, -0.1) is 11.3 Å². The molecule has 39 heavy (non-hydrogen) atoms. The number of morpholine rings is 1. The van der Waals surface area contributed by atoms with E-state index in [-0.39, 0.29) is 38.0 Å². The lowest BCUT2D eigenvalue weighted by Gasteiger charge is -2.32. The molecule has 5 rings (SSSR count). The predicted octanol–water partition coefficient (Wildman–Crippen LogP) is 4.40. The topological polar surface area (TPSA) is 91.0 Å². The molecular formula is C26H28ClF3N4O4S. The molecule has 0 bridgehead atoms. The molecule has 2 aromatic rings. The minimum atomic E-state index is -4.78. The van der Waals surface area contributed by atoms with Crippen LogP contribution in [0.1, 0.15) is 40.9 Å². The van der Waals surface area contributed by atoms with E-state index in [2.05, 4.69) is 10.6 Å². The Morgan fingerprint density at radius 1 is 1.18 bits per heavy atom. The molecule has 13 heteroatoms. The SMILES string of the molecule is O=C(NC[C@@H](C(=O)Nc1ccc(N2CCOCC2=O)cc1C(F)(F)F)N(CC1CC1)C1CC1)c1ccc(Cl)s1. The van der Waals surface area contributed by atoms with Crippen LogP contribution in [0.15, 0.2) is 30.3 Å². The lowest BCUT2D eigenvalue weighted by Crippen LogP contribution is -2.52. The van der Waals surface area contributed by atoms with Crippen LogP contribution >= 0.6 is 22.9 Å². The highest BCUT2D eigenvalue weighted by molar-refractivity contribution is 7.18. The molecule has 2 aliphatic carbocycles. The molecule has 8 nitrogen and oxygen atoms in total. The number of anilines is 2. The Hall–Kier alpha value is -2.67. The molecule has 2 N–H and O–H groups in total. The predicted molar refractivity (Wildman–Crippen MR) is 141 cm³/mol. The molecule has 3 amide bonds. The molecule has 1 saturated heterocycles. The van der Waals surface area contributed by atoms with Crippen LogP contribution in [0.3, 0.4) is 0 Å². The smallest absolute Gasteiger partial charge is 0.370 e. The first kappa shape index (κ1) is 27.9. The number of hydrogen-bond acceptors (Lipinski definition) is 6. The Morgan fingerprint density at radius 3 is 2.56 bits per heavy atom. The van der Waals surface area contributed by atoms with E-state index in [0.29, 0.717) is 21.7 Å². The standard InChI is InChI=1S/C26H28ClF3N4O4S/c27-22-8-7-21(39-22)25(37)31-12-20(34(16-3-4-16)13-15-1-2-15)24(36)32-19-6-5-17(11-18(19)26(28,29)30)33-9-10-38-14-23(33)35/h5-8,11,15-16,20H,1-4,9-10,12-14H2,(H,31,37)(H,32,36)/t20-/m0/s1. The molecular weight excluding hydrogens is 557 g/mol. The summed E-state index contributed by atoms with van der Waals surface area (Å²) in [5, 5.41) is 5.25. The van der Waals surface area contributed by atoms with Crippen molar-refractivity contribution in [2.45, 2.75) is 43.9 Å². The summed E-state index contributed by atoms with van der Waals surface area (Å²) in [6.45, 7) is 0.729. The second-order valence-corrected chi connectivity index (χ2v) is 11.7. The number of hydrogen-bond donors (Lipinski definition) is 2. The second kappa shape index (κ2) is 11.4. The zero-order valence-electron chi connectivity index (χ0n) is 20.9. The van der Waals surface area contributed by atoms with Gasteiger partial charge in [-0.25, -0.2) is 0 Å². The fourth-order valence-corrected chi connectivity index (χ4v) is 5.62. The van der Waals surface area contributed by atoms with E-state index >= 15 is 0 Å². The highest BCUT2D eigenvalue weighted by Gasteiger charge is 2.41. The molecule has 1 atom stereocenters. The summed E-state index contributed by atoms with van der Waals surface area (Å²) in [5.41, 5.74) is -1.37. The lowest BCUT2D eigenvalue weighted by atomic mass is 10.1. The van der Waals surface area contributed by atoms with Crippen LogP contribution in [0.25, 0.3) is 0 Å². The average Bonchev–Trinajstić information content (AvgIpc) is 3.82. The number of nitrogens with one attached hydrogen (secondary N) is 2. The zero-order valence-corrected chi connectivity index (χ0v) is 22.5. The van der Waals surface area contributed by atoms with Gasteiger partial charge in [-0.2, -0.15) is 13.2 Å². The molecule has 1 aliphatic heterocycles. The number of nitrogens with zero attached hydrogens (tertiary/aromatic N) is 2. The number of ether oxygens (including phenoxy) is 1. The van der Waals surface area contributed by atoms with Crippen molar-refractivity contribution in [3.63, 3.8) is 0 Å². The number of alkyl halides is 3. The number of halogens is 4. The first-order chi connectivity index (χ1) is 18.6. The average molecular weight is 585 g/mol. The van der Waals surface area contributed by atoms with Gasteiger partial charge in [0.2, 0.25) is 5.91 Å². The third-order valence-corrected chi connectivity index (χ3v) is 8.23. The maximum Gasteiger partial charge on any atom is 0.418 e. The largest absolute Gasteiger partial charge is 0.418 e. The maximum atomic E-state index is 14.1. The van der Waals surface area contributed by atoms with Gasteiger partial charge in [0.25, 0.3) is 11.8 Å². The maximum absolute atomic E-state index is 14.1. The Kier molecular flexibility index (Phi) is 8.18. The van der Waals surface area contributed by atoms with Crippen molar-refractivity contribution in [1.29, 1.82) is 0 Å². The van der Waals surface area contributed by atoms with E-state index in [1.165, 1.54) is 17.0 Å². The van der Waals surface area contributed by atoms with Crippen molar-refractivity contribution < 1.29 is 32.3 Å².